The fraction of sp³-hybridized carbons (Fsp3) is 0.393. The summed E-state index contributed by atoms with van der Waals surface area (Å²) >= 11 is 0. The van der Waals surface area contributed by atoms with Crippen molar-refractivity contribution >= 4 is 39.3 Å². The third-order valence-corrected chi connectivity index (χ3v) is 8.40. The average molecular weight is 571 g/mol. The summed E-state index contributed by atoms with van der Waals surface area (Å²) in [6.07, 6.45) is 2.21. The number of aromatic nitrogens is 2. The zero-order chi connectivity index (χ0) is 29.1. The maximum atomic E-state index is 13.5. The first kappa shape index (κ1) is 29.2. The lowest BCUT2D eigenvalue weighted by Crippen LogP contribution is -2.48. The number of anilines is 4. The van der Waals surface area contributed by atoms with Crippen molar-refractivity contribution in [1.29, 1.82) is 0 Å². The molecule has 2 aromatic carbocycles. The van der Waals surface area contributed by atoms with E-state index in [-0.39, 0.29) is 16.8 Å². The number of benzene rings is 2. The SMILES string of the molecule is Cc1cc(Nc2ccnc(Nc3ccc(S(=O)(=O)N4CCC(N(C)C(=O)OC(C)(C)C)CC4)cc3)n2)ccc1F. The Labute approximate surface area is 234 Å². The van der Waals surface area contributed by atoms with E-state index in [1.807, 2.05) is 20.8 Å². The van der Waals surface area contributed by atoms with Crippen LogP contribution in [-0.2, 0) is 14.8 Å². The molecular weight excluding hydrogens is 535 g/mol. The summed E-state index contributed by atoms with van der Waals surface area (Å²) in [5.74, 6) is 0.551. The summed E-state index contributed by atoms with van der Waals surface area (Å²) in [6, 6.07) is 12.7. The Morgan fingerprint density at radius 3 is 2.33 bits per heavy atom. The van der Waals surface area contributed by atoms with Crippen molar-refractivity contribution in [3.05, 3.63) is 66.1 Å². The van der Waals surface area contributed by atoms with Crippen molar-refractivity contribution in [2.24, 2.45) is 0 Å². The molecular formula is C28H35FN6O4S. The number of hydrogen-bond donors (Lipinski definition) is 2. The third kappa shape index (κ3) is 7.24. The third-order valence-electron chi connectivity index (χ3n) is 6.49. The van der Waals surface area contributed by atoms with Crippen LogP contribution in [0, 0.1) is 12.7 Å². The first-order valence-electron chi connectivity index (χ1n) is 13.0. The van der Waals surface area contributed by atoms with Crippen molar-refractivity contribution in [2.75, 3.05) is 30.8 Å². The van der Waals surface area contributed by atoms with Gasteiger partial charge in [-0.15, -0.1) is 0 Å². The molecule has 1 aliphatic rings. The minimum absolute atomic E-state index is 0.0924. The van der Waals surface area contributed by atoms with Crippen LogP contribution in [0.1, 0.15) is 39.2 Å². The van der Waals surface area contributed by atoms with Crippen LogP contribution in [0.3, 0.4) is 0 Å². The van der Waals surface area contributed by atoms with Crippen molar-refractivity contribution in [3.63, 3.8) is 0 Å². The molecule has 2 N–H and O–H groups in total. The lowest BCUT2D eigenvalue weighted by Gasteiger charge is -2.36. The van der Waals surface area contributed by atoms with Gasteiger partial charge in [0.1, 0.15) is 17.2 Å². The van der Waals surface area contributed by atoms with Gasteiger partial charge < -0.3 is 20.3 Å². The standard InChI is InChI=1S/C28H35FN6O4S/c1-19-18-21(8-11-24(19)29)31-25-12-15-30-26(33-25)32-20-6-9-23(10-7-20)40(37,38)35-16-13-22(14-17-35)34(5)27(36)39-28(2,3)4/h6-12,15,18,22H,13-14,16-17H2,1-5H3,(H2,30,31,32,33). The van der Waals surface area contributed by atoms with Crippen LogP contribution in [0.2, 0.25) is 0 Å². The second-order valence-corrected chi connectivity index (χ2v) is 12.7. The smallest absolute Gasteiger partial charge is 0.410 e. The molecule has 0 radical (unpaired) electrons. The monoisotopic (exact) mass is 570 g/mol. The largest absolute Gasteiger partial charge is 0.444 e. The number of aryl methyl sites for hydroxylation is 1. The van der Waals surface area contributed by atoms with E-state index in [1.54, 1.807) is 67.5 Å². The van der Waals surface area contributed by atoms with Gasteiger partial charge in [-0.1, -0.05) is 0 Å². The van der Waals surface area contributed by atoms with Crippen LogP contribution in [-0.4, -0.2) is 65.5 Å². The number of ether oxygens (including phenoxy) is 1. The Morgan fingerprint density at radius 1 is 1.05 bits per heavy atom. The van der Waals surface area contributed by atoms with Gasteiger partial charge in [-0.3, -0.25) is 0 Å². The van der Waals surface area contributed by atoms with Crippen LogP contribution in [0.15, 0.2) is 59.6 Å². The van der Waals surface area contributed by atoms with E-state index in [4.69, 9.17) is 4.74 Å². The molecule has 0 unspecified atom stereocenters. The van der Waals surface area contributed by atoms with Crippen LogP contribution in [0.4, 0.5) is 32.3 Å². The Bertz CT molecular complexity index is 1450. The Kier molecular flexibility index (Phi) is 8.59. The van der Waals surface area contributed by atoms with Crippen molar-refractivity contribution in [2.45, 2.75) is 57.1 Å². The molecule has 214 valence electrons. The van der Waals surface area contributed by atoms with Crippen LogP contribution in [0.25, 0.3) is 0 Å². The predicted octanol–water partition coefficient (Wildman–Crippen LogP) is 5.43. The molecule has 10 nitrogen and oxygen atoms in total. The molecule has 4 rings (SSSR count). The number of halogens is 1. The van der Waals surface area contributed by atoms with Gasteiger partial charge in [0.25, 0.3) is 0 Å². The van der Waals surface area contributed by atoms with E-state index < -0.39 is 21.7 Å². The van der Waals surface area contributed by atoms with E-state index in [0.717, 1.165) is 0 Å². The summed E-state index contributed by atoms with van der Waals surface area (Å²) in [7, 11) is -2.01. The number of carbonyl (C=O) groups excluding carboxylic acids is 1. The van der Waals surface area contributed by atoms with E-state index in [0.29, 0.717) is 54.6 Å². The van der Waals surface area contributed by atoms with Crippen molar-refractivity contribution < 1.29 is 22.3 Å². The molecule has 2 heterocycles. The molecule has 0 aliphatic carbocycles. The zero-order valence-electron chi connectivity index (χ0n) is 23.3. The van der Waals surface area contributed by atoms with Crippen LogP contribution < -0.4 is 10.6 Å². The van der Waals surface area contributed by atoms with Gasteiger partial charge in [0.15, 0.2) is 0 Å². The minimum atomic E-state index is -3.69. The highest BCUT2D eigenvalue weighted by Crippen LogP contribution is 2.26. The normalized spacial score (nSPS) is 14.9. The first-order valence-corrected chi connectivity index (χ1v) is 14.4. The molecule has 1 fully saturated rings. The lowest BCUT2D eigenvalue weighted by molar-refractivity contribution is 0.0178. The number of sulfonamides is 1. The molecule has 1 saturated heterocycles. The second kappa shape index (κ2) is 11.8. The molecule has 12 heteroatoms. The van der Waals surface area contributed by atoms with Gasteiger partial charge in [0.05, 0.1) is 4.90 Å². The van der Waals surface area contributed by atoms with Crippen molar-refractivity contribution in [1.82, 2.24) is 19.2 Å². The first-order chi connectivity index (χ1) is 18.8. The molecule has 1 aliphatic heterocycles. The Morgan fingerprint density at radius 2 is 1.70 bits per heavy atom. The summed E-state index contributed by atoms with van der Waals surface area (Å²) in [5, 5.41) is 6.19. The number of hydrogen-bond acceptors (Lipinski definition) is 8. The summed E-state index contributed by atoms with van der Waals surface area (Å²) in [6.45, 7) is 7.74. The topological polar surface area (TPSA) is 117 Å². The molecule has 0 spiro atoms. The predicted molar refractivity (Wildman–Crippen MR) is 152 cm³/mol. The number of nitrogens with one attached hydrogen (secondary N) is 2. The van der Waals surface area contributed by atoms with Gasteiger partial charge in [-0.05, 0) is 94.6 Å². The zero-order valence-corrected chi connectivity index (χ0v) is 24.1. The van der Waals surface area contributed by atoms with Crippen LogP contribution >= 0.6 is 0 Å². The van der Waals surface area contributed by atoms with E-state index in [1.165, 1.54) is 10.4 Å². The van der Waals surface area contributed by atoms with E-state index in [2.05, 4.69) is 20.6 Å². The lowest BCUT2D eigenvalue weighted by atomic mass is 10.1. The molecule has 0 atom stereocenters. The van der Waals surface area contributed by atoms with E-state index in [9.17, 15) is 17.6 Å². The molecule has 3 aromatic rings. The number of piperidine rings is 1. The minimum Gasteiger partial charge on any atom is -0.444 e. The van der Waals surface area contributed by atoms with Crippen LogP contribution in [0.5, 0.6) is 0 Å². The summed E-state index contributed by atoms with van der Waals surface area (Å²) < 4.78 is 47.0. The van der Waals surface area contributed by atoms with E-state index >= 15 is 0 Å². The molecule has 1 amide bonds. The molecule has 1 aromatic heterocycles. The highest BCUT2D eigenvalue weighted by atomic mass is 32.2. The van der Waals surface area contributed by atoms with Gasteiger partial charge in [-0.25, -0.2) is 22.6 Å². The quantitative estimate of drug-likeness (QED) is 0.386. The molecule has 0 saturated carbocycles. The maximum Gasteiger partial charge on any atom is 0.410 e. The fourth-order valence-corrected chi connectivity index (χ4v) is 5.77. The second-order valence-electron chi connectivity index (χ2n) is 10.7. The number of rotatable bonds is 7. The van der Waals surface area contributed by atoms with Gasteiger partial charge in [-0.2, -0.15) is 9.29 Å². The van der Waals surface area contributed by atoms with Gasteiger partial charge in [0.2, 0.25) is 16.0 Å². The molecule has 40 heavy (non-hydrogen) atoms. The molecule has 0 bridgehead atoms. The fourth-order valence-electron chi connectivity index (χ4n) is 4.30. The summed E-state index contributed by atoms with van der Waals surface area (Å²) in [5.41, 5.74) is 1.24. The number of amides is 1. The highest BCUT2D eigenvalue weighted by molar-refractivity contribution is 7.89. The average Bonchev–Trinajstić information content (AvgIpc) is 2.90. The van der Waals surface area contributed by atoms with Crippen molar-refractivity contribution in [3.8, 4) is 0 Å². The van der Waals surface area contributed by atoms with Gasteiger partial charge >= 0.3 is 6.09 Å². The number of nitrogens with zero attached hydrogens (tertiary/aromatic N) is 4. The number of carbonyl (C=O) groups is 1. The Balaban J connectivity index is 1.36. The Hall–Kier alpha value is -3.77. The summed E-state index contributed by atoms with van der Waals surface area (Å²) in [4.78, 5) is 22.8. The van der Waals surface area contributed by atoms with Gasteiger partial charge in [0, 0.05) is 43.8 Å². The highest BCUT2D eigenvalue weighted by Gasteiger charge is 2.33. The maximum absolute atomic E-state index is 13.5.